The van der Waals surface area contributed by atoms with Crippen LogP contribution in [0.3, 0.4) is 0 Å². The minimum absolute atomic E-state index is 0.613. The van der Waals surface area contributed by atoms with Crippen molar-refractivity contribution in [2.24, 2.45) is 0 Å². The molecule has 0 bridgehead atoms. The Kier molecular flexibility index (Phi) is 7.58. The number of para-hydroxylation sites is 5. The Morgan fingerprint density at radius 2 is 1.09 bits per heavy atom. The fourth-order valence-electron chi connectivity index (χ4n) is 11.6. The molecule has 0 N–H and O–H groups in total. The molecule has 0 radical (unpaired) electrons. The van der Waals surface area contributed by atoms with E-state index in [9.17, 15) is 0 Å². The summed E-state index contributed by atoms with van der Waals surface area (Å²) >= 11 is 1.80. The Bertz CT molecular complexity index is 4120. The smallest absolute Gasteiger partial charge is 0.188 e. The highest BCUT2D eigenvalue weighted by Gasteiger charge is 2.55. The maximum Gasteiger partial charge on any atom is 0.188 e. The monoisotopic (exact) mass is 886 g/mol. The van der Waals surface area contributed by atoms with Crippen molar-refractivity contribution < 1.29 is 4.74 Å². The van der Waals surface area contributed by atoms with E-state index < -0.39 is 5.41 Å². The van der Waals surface area contributed by atoms with Gasteiger partial charge in [0.1, 0.15) is 11.5 Å². The molecule has 0 saturated heterocycles. The highest BCUT2D eigenvalue weighted by Crippen LogP contribution is 2.65. The summed E-state index contributed by atoms with van der Waals surface area (Å²) in [4.78, 5) is 19.2. The van der Waals surface area contributed by atoms with Crippen molar-refractivity contribution in [1.29, 1.82) is 0 Å². The van der Waals surface area contributed by atoms with Crippen LogP contribution in [0.5, 0.6) is 11.5 Å². The van der Waals surface area contributed by atoms with Crippen molar-refractivity contribution in [3.05, 3.63) is 240 Å². The van der Waals surface area contributed by atoms with E-state index in [-0.39, 0.29) is 0 Å². The standard InChI is InChI=1S/C60H34N6OS/c1-61-36-27-30-49-42(32-36)41-16-4-7-20-48(41)64(49)37-28-29-43-54(34-37)67-53-24-12-23-52(66-50-21-8-10-25-55(50)68-56-26-11-9-22-51(56)66)57(53)60(43)44-17-13-31-62-58(44)59-45(60)33-38(35-63-59)65-46-18-5-2-14-39(46)40-15-3-6-19-47(40)65/h2-35H. The van der Waals surface area contributed by atoms with Crippen LogP contribution in [0.2, 0.25) is 0 Å². The van der Waals surface area contributed by atoms with E-state index in [1.165, 1.54) is 20.6 Å². The number of hydrogen-bond acceptors (Lipinski definition) is 5. The lowest BCUT2D eigenvalue weighted by Crippen LogP contribution is -2.34. The molecular formula is C60H34N6OS. The number of rotatable bonds is 3. The molecule has 7 nitrogen and oxygen atoms in total. The summed E-state index contributed by atoms with van der Waals surface area (Å²) in [7, 11) is 0. The van der Waals surface area contributed by atoms with Gasteiger partial charge < -0.3 is 18.8 Å². The van der Waals surface area contributed by atoms with Crippen LogP contribution in [0.1, 0.15) is 22.3 Å². The van der Waals surface area contributed by atoms with Crippen molar-refractivity contribution in [1.82, 2.24) is 19.1 Å². The molecule has 1 atom stereocenters. The van der Waals surface area contributed by atoms with Crippen LogP contribution in [0, 0.1) is 6.57 Å². The second-order valence-corrected chi connectivity index (χ2v) is 18.7. The highest BCUT2D eigenvalue weighted by atomic mass is 32.2. The number of ether oxygens (including phenoxy) is 1. The third-order valence-corrected chi connectivity index (χ3v) is 15.4. The zero-order chi connectivity index (χ0) is 44.7. The van der Waals surface area contributed by atoms with Gasteiger partial charge in [-0.15, -0.1) is 0 Å². The largest absolute Gasteiger partial charge is 0.457 e. The van der Waals surface area contributed by atoms with Crippen LogP contribution >= 0.6 is 11.8 Å². The van der Waals surface area contributed by atoms with Crippen LogP contribution in [-0.4, -0.2) is 19.1 Å². The maximum atomic E-state index is 7.81. The molecule has 4 aromatic heterocycles. The summed E-state index contributed by atoms with van der Waals surface area (Å²) in [6.07, 6.45) is 3.90. The Labute approximate surface area is 394 Å². The zero-order valence-corrected chi connectivity index (χ0v) is 36.9. The summed E-state index contributed by atoms with van der Waals surface area (Å²) < 4.78 is 12.0. The van der Waals surface area contributed by atoms with E-state index in [1.54, 1.807) is 11.8 Å². The molecule has 1 unspecified atom stereocenters. The molecule has 8 aromatic carbocycles. The fraction of sp³-hybridized carbons (Fsp3) is 0.0167. The van der Waals surface area contributed by atoms with E-state index in [1.807, 2.05) is 24.5 Å². The first-order valence-electron chi connectivity index (χ1n) is 22.7. The molecule has 15 rings (SSSR count). The summed E-state index contributed by atoms with van der Waals surface area (Å²) in [6, 6.07) is 68.9. The molecule has 0 fully saturated rings. The van der Waals surface area contributed by atoms with Gasteiger partial charge in [0.05, 0.1) is 74.4 Å². The number of nitrogens with zero attached hydrogens (tertiary/aromatic N) is 6. The van der Waals surface area contributed by atoms with E-state index >= 15 is 0 Å². The molecule has 2 aliphatic heterocycles. The molecule has 0 saturated carbocycles. The van der Waals surface area contributed by atoms with E-state index in [0.717, 1.165) is 106 Å². The zero-order valence-electron chi connectivity index (χ0n) is 36.1. The molecule has 0 amide bonds. The first-order valence-corrected chi connectivity index (χ1v) is 23.5. The number of aromatic nitrogens is 4. The van der Waals surface area contributed by atoms with E-state index in [4.69, 9.17) is 21.3 Å². The summed E-state index contributed by atoms with van der Waals surface area (Å²) in [5.74, 6) is 1.50. The minimum Gasteiger partial charge on any atom is -0.457 e. The Morgan fingerprint density at radius 1 is 0.471 bits per heavy atom. The number of pyridine rings is 2. The minimum atomic E-state index is -0.946. The van der Waals surface area contributed by atoms with Crippen LogP contribution in [0.25, 0.3) is 71.2 Å². The second-order valence-electron chi connectivity index (χ2n) is 17.6. The highest BCUT2D eigenvalue weighted by molar-refractivity contribution is 7.99. The molecule has 68 heavy (non-hydrogen) atoms. The quantitative estimate of drug-likeness (QED) is 0.165. The van der Waals surface area contributed by atoms with Gasteiger partial charge in [-0.2, -0.15) is 0 Å². The third kappa shape index (κ3) is 4.87. The molecule has 12 aromatic rings. The normalized spacial score (nSPS) is 15.1. The van der Waals surface area contributed by atoms with Gasteiger partial charge in [-0.3, -0.25) is 9.97 Å². The van der Waals surface area contributed by atoms with E-state index in [2.05, 4.69) is 201 Å². The SMILES string of the molecule is [C-]#[N+]c1ccc2c(c1)c1ccccc1n2-c1ccc2c(c1)Oc1cccc(N3c4ccccc4Sc4ccccc43)c1C21c2cccnc2-c2ncc(-n3c4ccccc4c4ccccc43)cc21. The number of anilines is 3. The van der Waals surface area contributed by atoms with Crippen molar-refractivity contribution >= 4 is 78.1 Å². The first-order chi connectivity index (χ1) is 33.7. The lowest BCUT2D eigenvalue weighted by atomic mass is 9.65. The second kappa shape index (κ2) is 13.8. The topological polar surface area (TPSA) is 52.5 Å². The third-order valence-electron chi connectivity index (χ3n) is 14.2. The Hall–Kier alpha value is -8.90. The van der Waals surface area contributed by atoms with Crippen LogP contribution in [-0.2, 0) is 5.41 Å². The van der Waals surface area contributed by atoms with Gasteiger partial charge in [-0.1, -0.05) is 115 Å². The molecule has 1 aliphatic carbocycles. The molecule has 316 valence electrons. The average molecular weight is 887 g/mol. The molecule has 3 aliphatic rings. The van der Waals surface area contributed by atoms with Gasteiger partial charge in [0, 0.05) is 60.6 Å². The lowest BCUT2D eigenvalue weighted by Gasteiger charge is -2.43. The van der Waals surface area contributed by atoms with Gasteiger partial charge >= 0.3 is 0 Å². The van der Waals surface area contributed by atoms with Gasteiger partial charge in [0.25, 0.3) is 0 Å². The average Bonchev–Trinajstić information content (AvgIpc) is 4.01. The summed E-state index contributed by atoms with van der Waals surface area (Å²) in [6.45, 7) is 7.81. The Balaban J connectivity index is 1.06. The van der Waals surface area contributed by atoms with Crippen molar-refractivity contribution in [3.8, 4) is 34.3 Å². The van der Waals surface area contributed by atoms with E-state index in [0.29, 0.717) is 5.69 Å². The predicted octanol–water partition coefficient (Wildman–Crippen LogP) is 15.6. The molecular weight excluding hydrogens is 853 g/mol. The summed E-state index contributed by atoms with van der Waals surface area (Å²) in [5.41, 5.74) is 14.9. The van der Waals surface area contributed by atoms with Crippen molar-refractivity contribution in [2.45, 2.75) is 15.2 Å². The number of benzene rings is 8. The number of fused-ring (bicyclic) bond motifs is 17. The molecule has 1 spiro atoms. The first kappa shape index (κ1) is 37.3. The van der Waals surface area contributed by atoms with Crippen LogP contribution in [0.15, 0.2) is 216 Å². The molecule has 6 heterocycles. The van der Waals surface area contributed by atoms with Gasteiger partial charge in [-0.05, 0) is 95.9 Å². The van der Waals surface area contributed by atoms with Crippen LogP contribution in [0.4, 0.5) is 22.7 Å². The van der Waals surface area contributed by atoms with Crippen molar-refractivity contribution in [3.63, 3.8) is 0 Å². The maximum absolute atomic E-state index is 7.81. The predicted molar refractivity (Wildman–Crippen MR) is 273 cm³/mol. The number of hydrogen-bond donors (Lipinski definition) is 0. The molecule has 8 heteroatoms. The van der Waals surface area contributed by atoms with Gasteiger partial charge in [-0.25, -0.2) is 4.85 Å². The van der Waals surface area contributed by atoms with Gasteiger partial charge in [0.2, 0.25) is 0 Å². The lowest BCUT2D eigenvalue weighted by molar-refractivity contribution is 0.436. The van der Waals surface area contributed by atoms with Crippen LogP contribution < -0.4 is 9.64 Å². The van der Waals surface area contributed by atoms with Crippen molar-refractivity contribution in [2.75, 3.05) is 4.90 Å². The Morgan fingerprint density at radius 3 is 1.81 bits per heavy atom. The fourth-order valence-corrected chi connectivity index (χ4v) is 12.6. The summed E-state index contributed by atoms with van der Waals surface area (Å²) in [5, 5.41) is 4.51. The van der Waals surface area contributed by atoms with Gasteiger partial charge in [0.15, 0.2) is 5.69 Å².